The Hall–Kier alpha value is -1.77. The van der Waals surface area contributed by atoms with Crippen molar-refractivity contribution in [3.8, 4) is 5.75 Å². The predicted octanol–water partition coefficient (Wildman–Crippen LogP) is 4.24. The number of unbranched alkanes of at least 4 members (excludes halogenated alkanes) is 1. The zero-order valence-corrected chi connectivity index (χ0v) is 16.9. The van der Waals surface area contributed by atoms with Gasteiger partial charge in [0.25, 0.3) is 0 Å². The molecule has 0 saturated carbocycles. The summed E-state index contributed by atoms with van der Waals surface area (Å²) in [6.07, 6.45) is 4.36. The molecule has 27 heavy (non-hydrogen) atoms. The minimum Gasteiger partial charge on any atom is -0.507 e. The number of anilines is 2. The first-order chi connectivity index (χ1) is 12.9. The number of phenols is 1. The van der Waals surface area contributed by atoms with Gasteiger partial charge in [-0.1, -0.05) is 19.8 Å². The highest BCUT2D eigenvalue weighted by Gasteiger charge is 2.32. The van der Waals surface area contributed by atoms with E-state index in [2.05, 4.69) is 11.6 Å². The highest BCUT2D eigenvalue weighted by atomic mass is 32.2. The number of sulfonamides is 1. The molecule has 8 heteroatoms. The molecular formula is C19H23FN2O3S2. The molecule has 1 aliphatic heterocycles. The third kappa shape index (κ3) is 4.23. The molecule has 3 rings (SSSR count). The van der Waals surface area contributed by atoms with Gasteiger partial charge in [0.05, 0.1) is 10.6 Å². The highest BCUT2D eigenvalue weighted by molar-refractivity contribution is 7.98. The quantitative estimate of drug-likeness (QED) is 0.722. The van der Waals surface area contributed by atoms with Crippen molar-refractivity contribution in [1.82, 2.24) is 4.72 Å². The van der Waals surface area contributed by atoms with Gasteiger partial charge >= 0.3 is 0 Å². The van der Waals surface area contributed by atoms with Crippen LogP contribution in [0.25, 0.3) is 0 Å². The molecule has 1 heterocycles. The molecule has 1 atom stereocenters. The monoisotopic (exact) mass is 410 g/mol. The van der Waals surface area contributed by atoms with Crippen LogP contribution in [-0.4, -0.2) is 32.4 Å². The van der Waals surface area contributed by atoms with E-state index >= 15 is 0 Å². The molecule has 1 unspecified atom stereocenters. The number of fused-ring (bicyclic) bond motifs is 1. The van der Waals surface area contributed by atoms with Gasteiger partial charge in [-0.2, -0.15) is 0 Å². The van der Waals surface area contributed by atoms with Crippen LogP contribution in [0.5, 0.6) is 5.75 Å². The highest BCUT2D eigenvalue weighted by Crippen LogP contribution is 2.41. The Labute approximate surface area is 163 Å². The van der Waals surface area contributed by atoms with Crippen molar-refractivity contribution in [1.29, 1.82) is 0 Å². The lowest BCUT2D eigenvalue weighted by Gasteiger charge is -2.27. The van der Waals surface area contributed by atoms with E-state index in [0.717, 1.165) is 12.8 Å². The maximum Gasteiger partial charge on any atom is 0.243 e. The number of thioether (sulfide) groups is 1. The number of nitrogens with zero attached hydrogens (tertiary/aromatic N) is 1. The normalized spacial score (nSPS) is 18.8. The Morgan fingerprint density at radius 1 is 1.30 bits per heavy atom. The fraction of sp³-hybridized carbons (Fsp3) is 0.368. The molecule has 0 spiro atoms. The van der Waals surface area contributed by atoms with Crippen LogP contribution < -0.4 is 9.62 Å². The molecule has 0 aromatic heterocycles. The van der Waals surface area contributed by atoms with Crippen LogP contribution in [0.3, 0.4) is 0 Å². The predicted molar refractivity (Wildman–Crippen MR) is 107 cm³/mol. The summed E-state index contributed by atoms with van der Waals surface area (Å²) < 4.78 is 42.0. The first-order valence-corrected chi connectivity index (χ1v) is 11.5. The van der Waals surface area contributed by atoms with Crippen molar-refractivity contribution >= 4 is 33.2 Å². The number of benzene rings is 2. The van der Waals surface area contributed by atoms with Crippen LogP contribution in [0.2, 0.25) is 0 Å². The van der Waals surface area contributed by atoms with Gasteiger partial charge < -0.3 is 10.0 Å². The van der Waals surface area contributed by atoms with E-state index in [9.17, 15) is 17.9 Å². The zero-order chi connectivity index (χ0) is 19.6. The summed E-state index contributed by atoms with van der Waals surface area (Å²) >= 11 is 1.34. The molecule has 0 bridgehead atoms. The number of nitrogens with one attached hydrogen (secondary N) is 1. The number of aromatic hydroxyl groups is 1. The van der Waals surface area contributed by atoms with Crippen LogP contribution in [0.4, 0.5) is 15.8 Å². The van der Waals surface area contributed by atoms with E-state index in [0.29, 0.717) is 29.2 Å². The minimum atomic E-state index is -3.79. The maximum absolute atomic E-state index is 13.4. The number of halogens is 1. The summed E-state index contributed by atoms with van der Waals surface area (Å²) in [4.78, 5) is 2.50. The van der Waals surface area contributed by atoms with Crippen molar-refractivity contribution < 1.29 is 17.9 Å². The third-order valence-corrected chi connectivity index (χ3v) is 6.93. The summed E-state index contributed by atoms with van der Waals surface area (Å²) in [5.41, 5.74) is 1.19. The number of hydrogen-bond acceptors (Lipinski definition) is 5. The van der Waals surface area contributed by atoms with Gasteiger partial charge in [-0.05, 0) is 43.0 Å². The molecule has 0 amide bonds. The molecule has 2 aromatic rings. The summed E-state index contributed by atoms with van der Waals surface area (Å²) in [5, 5.41) is 10.2. The second-order valence-electron chi connectivity index (χ2n) is 6.54. The molecule has 5 nitrogen and oxygen atoms in total. The van der Waals surface area contributed by atoms with Crippen LogP contribution >= 0.6 is 11.8 Å². The van der Waals surface area contributed by atoms with E-state index in [1.807, 2.05) is 11.2 Å². The summed E-state index contributed by atoms with van der Waals surface area (Å²) in [6, 6.07) is 8.69. The second kappa shape index (κ2) is 8.08. The average Bonchev–Trinajstić information content (AvgIpc) is 2.74. The van der Waals surface area contributed by atoms with E-state index < -0.39 is 10.0 Å². The van der Waals surface area contributed by atoms with Crippen molar-refractivity contribution in [2.24, 2.45) is 0 Å². The lowest BCUT2D eigenvalue weighted by molar-refractivity contribution is 0.460. The van der Waals surface area contributed by atoms with Crippen molar-refractivity contribution in [3.05, 3.63) is 42.2 Å². The van der Waals surface area contributed by atoms with Gasteiger partial charge in [0.1, 0.15) is 16.5 Å². The fourth-order valence-corrected chi connectivity index (χ4v) is 5.20. The Morgan fingerprint density at radius 2 is 2.00 bits per heavy atom. The number of hydrogen-bond donors (Lipinski definition) is 2. The lowest BCUT2D eigenvalue weighted by Crippen LogP contribution is -2.39. The molecule has 2 N–H and O–H groups in total. The maximum atomic E-state index is 13.4. The molecule has 0 aliphatic carbocycles. The standard InChI is InChI=1S/C19H23FN2O3S2/c1-3-4-5-14-12-22(15-8-6-13(20)7-9-15)16-10-18(26-2)17(23)11-19(16)27(24,25)21-14/h6-11,14,21,23H,3-5,12H2,1-2H3. The molecule has 146 valence electrons. The first-order valence-electron chi connectivity index (χ1n) is 8.82. The molecule has 0 saturated heterocycles. The third-order valence-electron chi connectivity index (χ3n) is 4.61. The molecular weight excluding hydrogens is 387 g/mol. The zero-order valence-electron chi connectivity index (χ0n) is 15.3. The summed E-state index contributed by atoms with van der Waals surface area (Å²) in [7, 11) is -3.79. The molecule has 0 fully saturated rings. The topological polar surface area (TPSA) is 69.6 Å². The smallest absolute Gasteiger partial charge is 0.243 e. The van der Waals surface area contributed by atoms with Crippen LogP contribution in [0.1, 0.15) is 26.2 Å². The molecule has 0 radical (unpaired) electrons. The largest absolute Gasteiger partial charge is 0.507 e. The Morgan fingerprint density at radius 3 is 2.63 bits per heavy atom. The molecule has 1 aliphatic rings. The minimum absolute atomic E-state index is 0.0288. The molecule has 2 aromatic carbocycles. The Bertz CT molecular complexity index is 917. The summed E-state index contributed by atoms with van der Waals surface area (Å²) in [6.45, 7) is 2.48. The Kier molecular flexibility index (Phi) is 5.98. The first kappa shape index (κ1) is 20.0. The van der Waals surface area contributed by atoms with Gasteiger partial charge in [0.15, 0.2) is 0 Å². The van der Waals surface area contributed by atoms with E-state index in [1.54, 1.807) is 18.2 Å². The lowest BCUT2D eigenvalue weighted by atomic mass is 10.1. The second-order valence-corrected chi connectivity index (χ2v) is 9.07. The Balaban J connectivity index is 2.17. The average molecular weight is 411 g/mol. The van der Waals surface area contributed by atoms with E-state index in [4.69, 9.17) is 0 Å². The fourth-order valence-electron chi connectivity index (χ4n) is 3.23. The van der Waals surface area contributed by atoms with Crippen LogP contribution in [0, 0.1) is 5.82 Å². The van der Waals surface area contributed by atoms with E-state index in [1.165, 1.54) is 30.0 Å². The summed E-state index contributed by atoms with van der Waals surface area (Å²) in [5.74, 6) is -0.421. The number of rotatable bonds is 5. The van der Waals surface area contributed by atoms with Gasteiger partial charge in [-0.25, -0.2) is 17.5 Å². The number of phenolic OH excluding ortho intramolecular Hbond substituents is 1. The van der Waals surface area contributed by atoms with Crippen LogP contribution in [0.15, 0.2) is 46.2 Å². The van der Waals surface area contributed by atoms with Crippen molar-refractivity contribution in [2.45, 2.75) is 42.0 Å². The van der Waals surface area contributed by atoms with Crippen molar-refractivity contribution in [2.75, 3.05) is 17.7 Å². The van der Waals surface area contributed by atoms with Crippen LogP contribution in [-0.2, 0) is 10.0 Å². The van der Waals surface area contributed by atoms with Gasteiger partial charge in [-0.3, -0.25) is 0 Å². The van der Waals surface area contributed by atoms with Gasteiger partial charge in [0.2, 0.25) is 10.0 Å². The van der Waals surface area contributed by atoms with Gasteiger partial charge in [0, 0.05) is 24.3 Å². The SMILES string of the molecule is CCCCC1CN(c2ccc(F)cc2)c2cc(SC)c(O)cc2S(=O)(=O)N1. The van der Waals surface area contributed by atoms with E-state index in [-0.39, 0.29) is 22.5 Å². The van der Waals surface area contributed by atoms with Gasteiger partial charge in [-0.15, -0.1) is 11.8 Å². The van der Waals surface area contributed by atoms with Crippen molar-refractivity contribution in [3.63, 3.8) is 0 Å².